The number of aryl methyl sites for hydroxylation is 3. The van der Waals surface area contributed by atoms with Gasteiger partial charge in [0.15, 0.2) is 0 Å². The molecule has 3 fully saturated rings. The highest BCUT2D eigenvalue weighted by Gasteiger charge is 2.30. The maximum atomic E-state index is 14.3. The van der Waals surface area contributed by atoms with E-state index in [9.17, 15) is 32.3 Å². The number of hydrogen-bond donors (Lipinski definition) is 2. The van der Waals surface area contributed by atoms with Crippen molar-refractivity contribution in [1.82, 2.24) is 44.6 Å². The first-order chi connectivity index (χ1) is 47.0. The number of piperazine rings is 3. The zero-order chi connectivity index (χ0) is 71.9. The second kappa shape index (κ2) is 33.7. The minimum Gasteiger partial charge on any atom is -0.444 e. The topological polar surface area (TPSA) is 224 Å². The van der Waals surface area contributed by atoms with Gasteiger partial charge in [0.1, 0.15) is 65.1 Å². The quantitative estimate of drug-likeness (QED) is 0.0819. The molecule has 26 heteroatoms. The van der Waals surface area contributed by atoms with E-state index >= 15 is 0 Å². The van der Waals surface area contributed by atoms with E-state index in [1.165, 1.54) is 42.5 Å². The molecule has 9 aromatic rings. The summed E-state index contributed by atoms with van der Waals surface area (Å²) in [5.74, 6) is 1.42. The number of aromatic nitrogens is 6. The Morgan fingerprint density at radius 3 is 1.13 bits per heavy atom. The molecule has 0 aliphatic carbocycles. The Bertz CT molecular complexity index is 4390. The first-order valence-corrected chi connectivity index (χ1v) is 32.8. The maximum absolute atomic E-state index is 14.3. The van der Waals surface area contributed by atoms with Crippen LogP contribution in [-0.4, -0.2) is 175 Å². The minimum absolute atomic E-state index is 0.0439. The fourth-order valence-electron chi connectivity index (χ4n) is 11.1. The van der Waals surface area contributed by atoms with Crippen molar-refractivity contribution in [3.8, 4) is 22.3 Å². The molecular weight excluding hydrogens is 1310 g/mol. The number of benzene rings is 6. The predicted molar refractivity (Wildman–Crippen MR) is 385 cm³/mol. The van der Waals surface area contributed by atoms with Crippen LogP contribution >= 0.6 is 23.2 Å². The molecule has 2 N–H and O–H groups in total. The molecule has 0 saturated carbocycles. The van der Waals surface area contributed by atoms with Gasteiger partial charge in [-0.05, 0) is 168 Å². The second-order valence-corrected chi connectivity index (χ2v) is 26.1. The lowest BCUT2D eigenvalue weighted by molar-refractivity contribution is -0.126. The smallest absolute Gasteiger partial charge is 0.444 e. The Labute approximate surface area is 584 Å². The van der Waals surface area contributed by atoms with Crippen LogP contribution in [0.25, 0.3) is 55.0 Å². The lowest BCUT2D eigenvalue weighted by atomic mass is 9.80. The van der Waals surface area contributed by atoms with E-state index in [4.69, 9.17) is 42.7 Å². The van der Waals surface area contributed by atoms with E-state index in [1.54, 1.807) is 57.9 Å². The minimum atomic E-state index is -1.72. The molecule has 0 radical (unpaired) electrons. The summed E-state index contributed by atoms with van der Waals surface area (Å²) in [7, 11) is -1.72. The van der Waals surface area contributed by atoms with Crippen LogP contribution in [-0.2, 0) is 19.1 Å². The van der Waals surface area contributed by atoms with Gasteiger partial charge < -0.3 is 48.9 Å². The molecule has 3 saturated heterocycles. The number of amides is 3. The second-order valence-electron chi connectivity index (χ2n) is 25.4. The Hall–Kier alpha value is -9.75. The van der Waals surface area contributed by atoms with Crippen LogP contribution in [0.2, 0.25) is 5.02 Å². The van der Waals surface area contributed by atoms with Gasteiger partial charge in [0, 0.05) is 116 Å². The maximum Gasteiger partial charge on any atom is 0.491 e. The first kappa shape index (κ1) is 75.0. The fourth-order valence-corrected chi connectivity index (χ4v) is 11.2. The van der Waals surface area contributed by atoms with Gasteiger partial charge in [-0.2, -0.15) is 0 Å². The van der Waals surface area contributed by atoms with E-state index in [0.29, 0.717) is 94.7 Å². The van der Waals surface area contributed by atoms with Gasteiger partial charge in [0.2, 0.25) is 11.1 Å². The lowest BCUT2D eigenvalue weighted by Gasteiger charge is -2.36. The number of hydrogen-bond acceptors (Lipinski definition) is 17. The zero-order valence-corrected chi connectivity index (χ0v) is 58.4. The van der Waals surface area contributed by atoms with E-state index < -0.39 is 29.4 Å². The first-order valence-electron chi connectivity index (χ1n) is 32.0. The highest BCUT2D eigenvalue weighted by molar-refractivity contribution is 6.66. The van der Waals surface area contributed by atoms with Gasteiger partial charge in [-0.25, -0.2) is 52.7 Å². The van der Waals surface area contributed by atoms with Gasteiger partial charge in [-0.15, -0.1) is 0 Å². The number of nitrogens with zero attached hydrogens (tertiary/aromatic N) is 12. The van der Waals surface area contributed by atoms with Crippen molar-refractivity contribution in [2.45, 2.75) is 73.5 Å². The van der Waals surface area contributed by atoms with Crippen molar-refractivity contribution in [2.24, 2.45) is 0 Å². The normalized spacial score (nSPS) is 13.9. The van der Waals surface area contributed by atoms with Crippen molar-refractivity contribution >= 4 is 109 Å². The van der Waals surface area contributed by atoms with Crippen molar-refractivity contribution < 1.29 is 51.9 Å². The van der Waals surface area contributed by atoms with E-state index in [0.717, 1.165) is 84.1 Å². The molecule has 6 aromatic carbocycles. The number of anilines is 3. The molecule has 6 heterocycles. The molecule has 3 amide bonds. The van der Waals surface area contributed by atoms with Crippen LogP contribution < -0.4 is 20.2 Å². The highest BCUT2D eigenvalue weighted by atomic mass is 35.5. The third kappa shape index (κ3) is 20.0. The lowest BCUT2D eigenvalue weighted by Crippen LogP contribution is -2.50. The summed E-state index contributed by atoms with van der Waals surface area (Å²) in [5.41, 5.74) is 7.00. The molecule has 0 atom stereocenters. The molecule has 3 aromatic heterocycles. The summed E-state index contributed by atoms with van der Waals surface area (Å²) in [6.07, 6.45) is 6.49. The molecule has 0 bridgehead atoms. The van der Waals surface area contributed by atoms with Crippen LogP contribution in [0.3, 0.4) is 0 Å². The Balaban J connectivity index is 0.000000172. The number of ether oxygens (including phenoxy) is 2. The molecular formula is C73H80BCl2F3N12O8. The van der Waals surface area contributed by atoms with E-state index in [2.05, 4.69) is 57.8 Å². The van der Waals surface area contributed by atoms with Crippen molar-refractivity contribution in [2.75, 3.05) is 93.2 Å². The van der Waals surface area contributed by atoms with Gasteiger partial charge in [0.25, 0.3) is 0 Å². The number of halogens is 5. The summed E-state index contributed by atoms with van der Waals surface area (Å²) in [6.45, 7) is 31.5. The Morgan fingerprint density at radius 1 is 0.475 bits per heavy atom. The average Bonchev–Trinajstić information content (AvgIpc) is 1.35. The molecule has 3 aliphatic heterocycles. The summed E-state index contributed by atoms with van der Waals surface area (Å²) < 4.78 is 52.1. The summed E-state index contributed by atoms with van der Waals surface area (Å²) in [4.78, 5) is 84.2. The predicted octanol–water partition coefficient (Wildman–Crippen LogP) is 12.5. The molecule has 0 unspecified atom stereocenters. The van der Waals surface area contributed by atoms with E-state index in [-0.39, 0.29) is 35.2 Å². The average molecular weight is 1390 g/mol. The number of carbonyl (C=O) groups is 4. The molecule has 12 rings (SSSR count). The molecule has 99 heavy (non-hydrogen) atoms. The molecule has 0 spiro atoms. The fraction of sp³-hybridized carbons (Fsp3) is 0.315. The Morgan fingerprint density at radius 2 is 0.808 bits per heavy atom. The standard InChI is InChI=1S/C24H27FN4O2.C22H21FN4O.C18H23ClN4O2.C6H6BFO2.C3H3ClO/c1-16-13-19-21(14-18(16)17-7-5-6-8-20(17)25)26-15-27-22(19)28-9-11-29(12-10-28)23(30)31-24(2,3)4;1-3-21(28)26-8-10-27(11-9-26)22-18-12-15(2)17(13-20(18)24-14-25-22)16-6-4-5-7-19(16)23;1-12-9-13-15(10-14(12)19)20-11-21-16(13)22-5-7-23(8-6-22)17(24)25-18(2,3)4;8-6-4-2-1-3-5(6)7(9)10;1-2-3(4)5/h5-8,13-15H,9-12H2,1-4H3;3-7,12-14H,1,8-11H2,2H3;9-11H,5-8H2,1-4H3;1-4,9-10H;2H,1H2. The van der Waals surface area contributed by atoms with Crippen LogP contribution in [0.15, 0.2) is 153 Å². The highest BCUT2D eigenvalue weighted by Crippen LogP contribution is 2.36. The van der Waals surface area contributed by atoms with Gasteiger partial charge in [-0.3, -0.25) is 9.59 Å². The Kier molecular flexibility index (Phi) is 25.5. The third-order valence-corrected chi connectivity index (χ3v) is 16.6. The monoisotopic (exact) mass is 1390 g/mol. The molecule has 3 aliphatic rings. The van der Waals surface area contributed by atoms with Gasteiger partial charge >= 0.3 is 19.3 Å². The van der Waals surface area contributed by atoms with Crippen molar-refractivity contribution in [1.29, 1.82) is 0 Å². The molecule has 518 valence electrons. The third-order valence-electron chi connectivity index (χ3n) is 16.0. The largest absolute Gasteiger partial charge is 0.491 e. The van der Waals surface area contributed by atoms with E-state index in [1.807, 2.05) is 111 Å². The SMILES string of the molecule is C=CC(=O)Cl.C=CC(=O)N1CCN(c2ncnc3cc(-c4ccccc4F)c(C)cc23)CC1.Cc1cc2c(N3CCN(C(=O)OC(C)(C)C)CC3)ncnc2cc1-c1ccccc1F.Cc1cc2c(N3CCN(C(=O)OC(C)(C)C)CC3)ncnc2cc1Cl.OB(O)c1ccccc1F. The number of rotatable bonds is 8. The summed E-state index contributed by atoms with van der Waals surface area (Å²) in [5, 5.41) is 20.1. The van der Waals surface area contributed by atoms with Gasteiger partial charge in [0.05, 0.1) is 16.6 Å². The number of fused-ring (bicyclic) bond motifs is 3. The van der Waals surface area contributed by atoms with Gasteiger partial charge in [-0.1, -0.05) is 79.4 Å². The van der Waals surface area contributed by atoms with Crippen LogP contribution in [0.1, 0.15) is 58.2 Å². The van der Waals surface area contributed by atoms with Crippen LogP contribution in [0, 0.1) is 38.2 Å². The number of carbonyl (C=O) groups excluding carboxylic acids is 4. The summed E-state index contributed by atoms with van der Waals surface area (Å²) in [6, 6.07) is 30.8. The number of allylic oxidation sites excluding steroid dienone is 1. The van der Waals surface area contributed by atoms with Crippen LogP contribution in [0.5, 0.6) is 0 Å². The zero-order valence-electron chi connectivity index (χ0n) is 56.9. The van der Waals surface area contributed by atoms with Crippen molar-refractivity contribution in [3.05, 3.63) is 193 Å². The van der Waals surface area contributed by atoms with Crippen molar-refractivity contribution in [3.63, 3.8) is 0 Å². The summed E-state index contributed by atoms with van der Waals surface area (Å²) >= 11 is 10.9. The van der Waals surface area contributed by atoms with Crippen LogP contribution in [0.4, 0.5) is 40.2 Å². The molecule has 20 nitrogen and oxygen atoms in total.